The molecule has 0 saturated carbocycles. The summed E-state index contributed by atoms with van der Waals surface area (Å²) in [4.78, 5) is 12.7. The van der Waals surface area contributed by atoms with E-state index in [1.807, 2.05) is 13.0 Å². The van der Waals surface area contributed by atoms with Crippen LogP contribution in [0.1, 0.15) is 21.5 Å². The van der Waals surface area contributed by atoms with Crippen LogP contribution in [0.4, 0.5) is 0 Å². The van der Waals surface area contributed by atoms with Gasteiger partial charge < -0.3 is 9.47 Å². The van der Waals surface area contributed by atoms with E-state index in [0.29, 0.717) is 27.6 Å². The van der Waals surface area contributed by atoms with Crippen LogP contribution in [0.2, 0.25) is 10.0 Å². The molecule has 0 bridgehead atoms. The van der Waals surface area contributed by atoms with Crippen LogP contribution in [-0.4, -0.2) is 20.0 Å². The summed E-state index contributed by atoms with van der Waals surface area (Å²) >= 11 is 12.2. The molecule has 0 fully saturated rings. The predicted octanol–water partition coefficient (Wildman–Crippen LogP) is 4.55. The fraction of sp³-hybridized carbons (Fsp3) is 0.188. The molecule has 3 nitrogen and oxygen atoms in total. The van der Waals surface area contributed by atoms with Crippen LogP contribution in [0.25, 0.3) is 0 Å². The lowest BCUT2D eigenvalue weighted by Crippen LogP contribution is -2.05. The topological polar surface area (TPSA) is 35.5 Å². The van der Waals surface area contributed by atoms with E-state index in [-0.39, 0.29) is 10.8 Å². The molecule has 0 radical (unpaired) electrons. The van der Waals surface area contributed by atoms with Gasteiger partial charge in [-0.1, -0.05) is 34.8 Å². The van der Waals surface area contributed by atoms with Gasteiger partial charge in [0.05, 0.1) is 29.8 Å². The summed E-state index contributed by atoms with van der Waals surface area (Å²) in [5.74, 6) is 0.674. The zero-order valence-corrected chi connectivity index (χ0v) is 13.4. The van der Waals surface area contributed by atoms with Gasteiger partial charge in [-0.3, -0.25) is 4.79 Å². The Hall–Kier alpha value is -1.71. The molecule has 0 unspecified atom stereocenters. The van der Waals surface area contributed by atoms with Crippen molar-refractivity contribution in [1.82, 2.24) is 0 Å². The molecule has 0 spiro atoms. The van der Waals surface area contributed by atoms with Crippen molar-refractivity contribution in [3.63, 3.8) is 0 Å². The summed E-state index contributed by atoms with van der Waals surface area (Å²) in [6.07, 6.45) is 0. The number of hydrogen-bond donors (Lipinski definition) is 0. The molecule has 0 aliphatic rings. The molecule has 110 valence electrons. The van der Waals surface area contributed by atoms with Gasteiger partial charge in [-0.25, -0.2) is 0 Å². The monoisotopic (exact) mass is 324 g/mol. The summed E-state index contributed by atoms with van der Waals surface area (Å²) in [6.45, 7) is 1.90. The average molecular weight is 325 g/mol. The van der Waals surface area contributed by atoms with Crippen molar-refractivity contribution >= 4 is 29.0 Å². The maximum Gasteiger partial charge on any atom is 0.198 e. The first-order valence-corrected chi connectivity index (χ1v) is 6.96. The fourth-order valence-corrected chi connectivity index (χ4v) is 2.48. The van der Waals surface area contributed by atoms with Crippen molar-refractivity contribution < 1.29 is 14.3 Å². The van der Waals surface area contributed by atoms with E-state index < -0.39 is 0 Å². The fourth-order valence-electron chi connectivity index (χ4n) is 2.00. The second kappa shape index (κ2) is 6.37. The Balaban J connectivity index is 2.55. The van der Waals surface area contributed by atoms with Crippen molar-refractivity contribution in [2.45, 2.75) is 6.92 Å². The summed E-state index contributed by atoms with van der Waals surface area (Å²) in [7, 11) is 3.01. The van der Waals surface area contributed by atoms with Crippen LogP contribution in [0.15, 0.2) is 30.3 Å². The van der Waals surface area contributed by atoms with Crippen LogP contribution in [0.3, 0.4) is 0 Å². The number of benzene rings is 2. The van der Waals surface area contributed by atoms with Crippen LogP contribution >= 0.6 is 23.2 Å². The third-order valence-electron chi connectivity index (χ3n) is 3.09. The van der Waals surface area contributed by atoms with Crippen LogP contribution in [0.5, 0.6) is 11.5 Å². The minimum Gasteiger partial charge on any atom is -0.496 e. The molecular formula is C16H14Cl2O3. The zero-order valence-electron chi connectivity index (χ0n) is 11.9. The van der Waals surface area contributed by atoms with Gasteiger partial charge in [0.15, 0.2) is 5.78 Å². The van der Waals surface area contributed by atoms with Crippen molar-refractivity contribution in [2.75, 3.05) is 14.2 Å². The SMILES string of the molecule is COc1cc(Cl)c(C(=O)c2cc(C)ccc2OC)cc1Cl. The zero-order chi connectivity index (χ0) is 15.6. The minimum atomic E-state index is -0.245. The molecule has 2 aromatic carbocycles. The highest BCUT2D eigenvalue weighted by Crippen LogP contribution is 2.33. The van der Waals surface area contributed by atoms with Gasteiger partial charge in [0, 0.05) is 11.6 Å². The van der Waals surface area contributed by atoms with Crippen LogP contribution < -0.4 is 9.47 Å². The maximum atomic E-state index is 12.7. The van der Waals surface area contributed by atoms with E-state index in [0.717, 1.165) is 5.56 Å². The Kier molecular flexibility index (Phi) is 4.76. The Bertz CT molecular complexity index is 696. The number of aryl methyl sites for hydroxylation is 1. The molecule has 0 aliphatic heterocycles. The highest BCUT2D eigenvalue weighted by atomic mass is 35.5. The second-order valence-corrected chi connectivity index (χ2v) is 5.31. The number of methoxy groups -OCH3 is 2. The van der Waals surface area contributed by atoms with Crippen LogP contribution in [0, 0.1) is 6.92 Å². The first-order valence-electron chi connectivity index (χ1n) is 6.20. The van der Waals surface area contributed by atoms with Gasteiger partial charge in [0.25, 0.3) is 0 Å². The molecule has 0 aromatic heterocycles. The van der Waals surface area contributed by atoms with E-state index in [1.54, 1.807) is 12.1 Å². The summed E-state index contributed by atoms with van der Waals surface area (Å²) in [5.41, 5.74) is 1.71. The van der Waals surface area contributed by atoms with Gasteiger partial charge in [0.1, 0.15) is 11.5 Å². The third-order valence-corrected chi connectivity index (χ3v) is 3.69. The lowest BCUT2D eigenvalue weighted by atomic mass is 10.0. The summed E-state index contributed by atoms with van der Waals surface area (Å²) in [5, 5.41) is 0.613. The molecule has 21 heavy (non-hydrogen) atoms. The molecule has 0 heterocycles. The number of hydrogen-bond acceptors (Lipinski definition) is 3. The van der Waals surface area contributed by atoms with Crippen molar-refractivity contribution in [2.24, 2.45) is 0 Å². The van der Waals surface area contributed by atoms with E-state index in [2.05, 4.69) is 0 Å². The highest BCUT2D eigenvalue weighted by molar-refractivity contribution is 6.37. The third kappa shape index (κ3) is 3.14. The van der Waals surface area contributed by atoms with Gasteiger partial charge >= 0.3 is 0 Å². The number of rotatable bonds is 4. The standard InChI is InChI=1S/C16H14Cl2O3/c1-9-4-5-14(20-2)11(6-9)16(19)10-7-13(18)15(21-3)8-12(10)17/h4-8H,1-3H3. The highest BCUT2D eigenvalue weighted by Gasteiger charge is 2.19. The van der Waals surface area contributed by atoms with Crippen molar-refractivity contribution in [3.8, 4) is 11.5 Å². The largest absolute Gasteiger partial charge is 0.496 e. The maximum absolute atomic E-state index is 12.7. The number of carbonyl (C=O) groups excluding carboxylic acids is 1. The summed E-state index contributed by atoms with van der Waals surface area (Å²) in [6, 6.07) is 8.42. The molecule has 0 saturated heterocycles. The number of ketones is 1. The van der Waals surface area contributed by atoms with Crippen molar-refractivity contribution in [1.29, 1.82) is 0 Å². The lowest BCUT2D eigenvalue weighted by molar-refractivity contribution is 0.103. The van der Waals surface area contributed by atoms with E-state index in [9.17, 15) is 4.79 Å². The van der Waals surface area contributed by atoms with Gasteiger partial charge in [-0.05, 0) is 25.1 Å². The number of carbonyl (C=O) groups is 1. The quantitative estimate of drug-likeness (QED) is 0.774. The lowest BCUT2D eigenvalue weighted by Gasteiger charge is -2.11. The molecule has 0 N–H and O–H groups in total. The van der Waals surface area contributed by atoms with Crippen molar-refractivity contribution in [3.05, 3.63) is 57.1 Å². The Labute approximate surface area is 133 Å². The van der Waals surface area contributed by atoms with E-state index in [1.165, 1.54) is 26.4 Å². The van der Waals surface area contributed by atoms with E-state index >= 15 is 0 Å². The summed E-state index contributed by atoms with van der Waals surface area (Å²) < 4.78 is 10.3. The van der Waals surface area contributed by atoms with Gasteiger partial charge in [-0.2, -0.15) is 0 Å². The smallest absolute Gasteiger partial charge is 0.198 e. The average Bonchev–Trinajstić information content (AvgIpc) is 2.48. The number of ether oxygens (including phenoxy) is 2. The van der Waals surface area contributed by atoms with Crippen LogP contribution in [-0.2, 0) is 0 Å². The molecule has 2 rings (SSSR count). The first-order chi connectivity index (χ1) is 9.97. The molecule has 2 aromatic rings. The Morgan fingerprint density at radius 1 is 0.905 bits per heavy atom. The second-order valence-electron chi connectivity index (χ2n) is 4.50. The normalized spacial score (nSPS) is 10.3. The minimum absolute atomic E-state index is 0.245. The molecule has 0 aliphatic carbocycles. The molecular weight excluding hydrogens is 311 g/mol. The Morgan fingerprint density at radius 3 is 2.19 bits per heavy atom. The molecule has 5 heteroatoms. The first kappa shape index (κ1) is 15.7. The van der Waals surface area contributed by atoms with Gasteiger partial charge in [0.2, 0.25) is 0 Å². The molecule has 0 amide bonds. The predicted molar refractivity (Wildman–Crippen MR) is 84.2 cm³/mol. The van der Waals surface area contributed by atoms with E-state index in [4.69, 9.17) is 32.7 Å². The Morgan fingerprint density at radius 2 is 1.57 bits per heavy atom. The number of halogens is 2. The molecule has 0 atom stereocenters. The van der Waals surface area contributed by atoms with Gasteiger partial charge in [-0.15, -0.1) is 0 Å².